The molecule has 234 valence electrons. The Hall–Kier alpha value is -6.43. The molecule has 7 aromatic carbocycles. The van der Waals surface area contributed by atoms with E-state index in [4.69, 9.17) is 19.4 Å². The van der Waals surface area contributed by atoms with Crippen molar-refractivity contribution >= 4 is 53.4 Å². The van der Waals surface area contributed by atoms with Gasteiger partial charge in [0.05, 0.1) is 0 Å². The van der Waals surface area contributed by atoms with E-state index in [0.717, 1.165) is 54.5 Å². The first-order valence-corrected chi connectivity index (χ1v) is 17.4. The van der Waals surface area contributed by atoms with Crippen LogP contribution in [0.15, 0.2) is 168 Å². The molecule has 0 aliphatic carbocycles. The van der Waals surface area contributed by atoms with E-state index in [1.165, 1.54) is 26.6 Å². The minimum Gasteiger partial charge on any atom is -0.456 e. The summed E-state index contributed by atoms with van der Waals surface area (Å²) in [7, 11) is 0. The summed E-state index contributed by atoms with van der Waals surface area (Å²) in [6.45, 7) is 0. The molecule has 4 nitrogen and oxygen atoms in total. The smallest absolute Gasteiger partial charge is 0.165 e. The molecule has 0 saturated heterocycles. The second-order valence-electron chi connectivity index (χ2n) is 12.4. The van der Waals surface area contributed by atoms with Gasteiger partial charge < -0.3 is 4.42 Å². The van der Waals surface area contributed by atoms with Gasteiger partial charge in [0.2, 0.25) is 0 Å². The Morgan fingerprint density at radius 2 is 0.940 bits per heavy atom. The molecule has 0 aliphatic heterocycles. The number of fused-ring (bicyclic) bond motifs is 6. The average Bonchev–Trinajstić information content (AvgIpc) is 3.76. The molecule has 0 amide bonds. The first-order chi connectivity index (χ1) is 24.7. The molecule has 0 atom stereocenters. The van der Waals surface area contributed by atoms with E-state index in [2.05, 4.69) is 133 Å². The van der Waals surface area contributed by atoms with Crippen LogP contribution in [0.1, 0.15) is 0 Å². The summed E-state index contributed by atoms with van der Waals surface area (Å²) in [5.41, 5.74) is 9.14. The summed E-state index contributed by atoms with van der Waals surface area (Å²) in [6.07, 6.45) is 0. The van der Waals surface area contributed by atoms with Gasteiger partial charge in [-0.05, 0) is 58.7 Å². The summed E-state index contributed by atoms with van der Waals surface area (Å²) in [5.74, 6) is 1.87. The monoisotopic (exact) mass is 657 g/mol. The quantitative estimate of drug-likeness (QED) is 0.185. The predicted molar refractivity (Wildman–Crippen MR) is 207 cm³/mol. The highest BCUT2D eigenvalue weighted by atomic mass is 32.1. The molecule has 0 bridgehead atoms. The van der Waals surface area contributed by atoms with Gasteiger partial charge >= 0.3 is 0 Å². The second-order valence-corrected chi connectivity index (χ2v) is 13.5. The van der Waals surface area contributed by atoms with E-state index in [0.29, 0.717) is 17.5 Å². The molecule has 0 N–H and O–H groups in total. The van der Waals surface area contributed by atoms with E-state index in [1.54, 1.807) is 11.3 Å². The van der Waals surface area contributed by atoms with Crippen LogP contribution in [0.25, 0.3) is 98.5 Å². The zero-order valence-electron chi connectivity index (χ0n) is 26.7. The van der Waals surface area contributed by atoms with Crippen molar-refractivity contribution in [2.45, 2.75) is 0 Å². The number of para-hydroxylation sites is 1. The van der Waals surface area contributed by atoms with E-state index in [1.807, 2.05) is 30.3 Å². The summed E-state index contributed by atoms with van der Waals surface area (Å²) < 4.78 is 8.67. The molecule has 3 heterocycles. The maximum absolute atomic E-state index is 6.26. The molecule has 10 aromatic rings. The molecule has 3 aromatic heterocycles. The Bertz CT molecular complexity index is 2870. The Labute approximate surface area is 292 Å². The number of nitrogens with zero attached hydrogens (tertiary/aromatic N) is 3. The maximum atomic E-state index is 6.26. The minimum atomic E-state index is 0.602. The van der Waals surface area contributed by atoms with E-state index in [9.17, 15) is 0 Å². The zero-order valence-corrected chi connectivity index (χ0v) is 27.6. The van der Waals surface area contributed by atoms with Gasteiger partial charge in [-0.3, -0.25) is 0 Å². The average molecular weight is 658 g/mol. The first kappa shape index (κ1) is 28.6. The van der Waals surface area contributed by atoms with Gasteiger partial charge in [0.25, 0.3) is 0 Å². The van der Waals surface area contributed by atoms with Crippen LogP contribution >= 0.6 is 11.3 Å². The summed E-state index contributed by atoms with van der Waals surface area (Å²) in [5, 5.41) is 4.61. The van der Waals surface area contributed by atoms with E-state index in [-0.39, 0.29) is 0 Å². The topological polar surface area (TPSA) is 51.8 Å². The lowest BCUT2D eigenvalue weighted by molar-refractivity contribution is 0.669. The summed E-state index contributed by atoms with van der Waals surface area (Å²) >= 11 is 1.77. The van der Waals surface area contributed by atoms with Crippen molar-refractivity contribution in [2.75, 3.05) is 0 Å². The van der Waals surface area contributed by atoms with Gasteiger partial charge in [-0.2, -0.15) is 0 Å². The van der Waals surface area contributed by atoms with Crippen molar-refractivity contribution in [1.29, 1.82) is 0 Å². The fourth-order valence-corrected chi connectivity index (χ4v) is 8.08. The molecule has 0 spiro atoms. The van der Waals surface area contributed by atoms with Gasteiger partial charge in [0.15, 0.2) is 17.5 Å². The Morgan fingerprint density at radius 1 is 0.360 bits per heavy atom. The lowest BCUT2D eigenvalue weighted by Gasteiger charge is -2.10. The molecule has 50 heavy (non-hydrogen) atoms. The fraction of sp³-hybridized carbons (Fsp3) is 0. The number of benzene rings is 7. The van der Waals surface area contributed by atoms with Gasteiger partial charge in [0, 0.05) is 47.6 Å². The largest absolute Gasteiger partial charge is 0.456 e. The Balaban J connectivity index is 1.12. The number of hydrogen-bond donors (Lipinski definition) is 0. The van der Waals surface area contributed by atoms with Crippen molar-refractivity contribution in [3.8, 4) is 56.4 Å². The maximum Gasteiger partial charge on any atom is 0.165 e. The van der Waals surface area contributed by atoms with Crippen LogP contribution in [-0.4, -0.2) is 15.0 Å². The summed E-state index contributed by atoms with van der Waals surface area (Å²) in [4.78, 5) is 15.3. The molecule has 10 rings (SSSR count). The van der Waals surface area contributed by atoms with Crippen molar-refractivity contribution in [3.63, 3.8) is 0 Å². The van der Waals surface area contributed by atoms with Crippen LogP contribution in [-0.2, 0) is 0 Å². The highest BCUT2D eigenvalue weighted by Crippen LogP contribution is 2.40. The zero-order chi connectivity index (χ0) is 33.0. The molecule has 0 aliphatic rings. The lowest BCUT2D eigenvalue weighted by atomic mass is 9.98. The normalized spacial score (nSPS) is 11.6. The SMILES string of the molecule is c1ccc(-c2cccc(-c3ccc(-c4nc(-c5ccc6c(c5)oc5ccccc56)nc(-c5cccc6c5sc5ccccc56)n4)cc3)c2)cc1. The van der Waals surface area contributed by atoms with E-state index < -0.39 is 0 Å². The third-order valence-electron chi connectivity index (χ3n) is 9.36. The number of rotatable bonds is 5. The van der Waals surface area contributed by atoms with Crippen molar-refractivity contribution < 1.29 is 4.42 Å². The molecular formula is C45H27N3OS. The standard InChI is InChI=1S/C45H27N3OS/c1-2-10-28(11-3-1)31-12-8-13-32(26-31)29-20-22-30(23-21-29)43-46-44(33-24-25-35-34-14-4-6-18-39(34)49-40(35)27-33)48-45(47-43)38-17-9-16-37-36-15-5-7-19-41(36)50-42(37)38/h1-27H. The predicted octanol–water partition coefficient (Wildman–Crippen LogP) is 12.5. The van der Waals surface area contributed by atoms with Crippen LogP contribution in [0.4, 0.5) is 0 Å². The molecule has 0 radical (unpaired) electrons. The Kier molecular flexibility index (Phi) is 6.64. The van der Waals surface area contributed by atoms with Crippen molar-refractivity contribution in [1.82, 2.24) is 15.0 Å². The van der Waals surface area contributed by atoms with Gasteiger partial charge in [-0.1, -0.05) is 127 Å². The van der Waals surface area contributed by atoms with E-state index >= 15 is 0 Å². The number of thiophene rings is 1. The highest BCUT2D eigenvalue weighted by Gasteiger charge is 2.18. The van der Waals surface area contributed by atoms with Gasteiger partial charge in [-0.25, -0.2) is 15.0 Å². The van der Waals surface area contributed by atoms with Gasteiger partial charge in [-0.15, -0.1) is 11.3 Å². The third kappa shape index (κ3) is 4.87. The molecule has 0 fully saturated rings. The highest BCUT2D eigenvalue weighted by molar-refractivity contribution is 7.26. The Morgan fingerprint density at radius 3 is 1.78 bits per heavy atom. The third-order valence-corrected chi connectivity index (χ3v) is 10.6. The van der Waals surface area contributed by atoms with Crippen LogP contribution in [0.2, 0.25) is 0 Å². The molecule has 5 heteroatoms. The number of hydrogen-bond acceptors (Lipinski definition) is 5. The van der Waals surface area contributed by atoms with Crippen LogP contribution in [0.3, 0.4) is 0 Å². The minimum absolute atomic E-state index is 0.602. The summed E-state index contributed by atoms with van der Waals surface area (Å²) in [6, 6.07) is 56.9. The van der Waals surface area contributed by atoms with Crippen molar-refractivity contribution in [2.24, 2.45) is 0 Å². The lowest BCUT2D eigenvalue weighted by Crippen LogP contribution is -2.00. The van der Waals surface area contributed by atoms with Crippen LogP contribution < -0.4 is 0 Å². The van der Waals surface area contributed by atoms with Crippen LogP contribution in [0, 0.1) is 0 Å². The molecular weight excluding hydrogens is 631 g/mol. The van der Waals surface area contributed by atoms with Crippen LogP contribution in [0.5, 0.6) is 0 Å². The first-order valence-electron chi connectivity index (χ1n) is 16.6. The second kappa shape index (κ2) is 11.6. The fourth-order valence-electron chi connectivity index (χ4n) is 6.86. The molecule has 0 unspecified atom stereocenters. The number of furan rings is 1. The molecule has 0 saturated carbocycles. The van der Waals surface area contributed by atoms with Gasteiger partial charge in [0.1, 0.15) is 11.2 Å². The van der Waals surface area contributed by atoms with Crippen molar-refractivity contribution in [3.05, 3.63) is 164 Å². The number of aromatic nitrogens is 3.